The molecule has 0 radical (unpaired) electrons. The van der Waals surface area contributed by atoms with Gasteiger partial charge in [-0.3, -0.25) is 4.98 Å². The van der Waals surface area contributed by atoms with Crippen LogP contribution < -0.4 is 9.36 Å². The van der Waals surface area contributed by atoms with Gasteiger partial charge in [0.2, 0.25) is 0 Å². The van der Waals surface area contributed by atoms with Gasteiger partial charge in [0.05, 0.1) is 19.5 Å². The Morgan fingerprint density at radius 2 is 1.74 bits per heavy atom. The summed E-state index contributed by atoms with van der Waals surface area (Å²) in [7, 11) is 1.36. The molecule has 0 N–H and O–H groups in total. The zero-order valence-electron chi connectivity index (χ0n) is 17.2. The Hall–Kier alpha value is -2.96. The molecule has 7 heteroatoms. The van der Waals surface area contributed by atoms with E-state index in [0.29, 0.717) is 0 Å². The lowest BCUT2D eigenvalue weighted by Gasteiger charge is -2.01. The molecule has 0 fully saturated rings. The first-order valence-corrected chi connectivity index (χ1v) is 9.26. The van der Waals surface area contributed by atoms with Crippen molar-refractivity contribution in [2.45, 2.75) is 47.7 Å². The summed E-state index contributed by atoms with van der Waals surface area (Å²) in [6, 6.07) is 7.92. The average Bonchev–Trinajstić information content (AvgIpc) is 3.38. The van der Waals surface area contributed by atoms with E-state index in [1.54, 1.807) is 16.9 Å². The number of carbonyl (C=O) groups is 1. The van der Waals surface area contributed by atoms with E-state index in [2.05, 4.69) is 44.5 Å². The van der Waals surface area contributed by atoms with Crippen molar-refractivity contribution in [3.05, 3.63) is 60.9 Å². The fourth-order valence-electron chi connectivity index (χ4n) is 2.44. The molecule has 0 aliphatic carbocycles. The van der Waals surface area contributed by atoms with Crippen molar-refractivity contribution >= 4 is 6.09 Å². The minimum atomic E-state index is -0.364. The van der Waals surface area contributed by atoms with Gasteiger partial charge in [-0.15, -0.1) is 14.0 Å². The Morgan fingerprint density at radius 1 is 1.11 bits per heavy atom. The Morgan fingerprint density at radius 3 is 2.33 bits per heavy atom. The number of hydrogen-bond acceptors (Lipinski definition) is 3. The normalized spacial score (nSPS) is 9.56. The van der Waals surface area contributed by atoms with Crippen LogP contribution in [-0.2, 0) is 17.8 Å². The second-order valence-electron chi connectivity index (χ2n) is 5.31. The largest absolute Gasteiger partial charge is 0.467 e. The van der Waals surface area contributed by atoms with Gasteiger partial charge in [0.15, 0.2) is 25.5 Å². The Kier molecular flexibility index (Phi) is 9.50. The van der Waals surface area contributed by atoms with Crippen LogP contribution in [0.1, 0.15) is 33.4 Å². The molecule has 0 aliphatic rings. The van der Waals surface area contributed by atoms with Gasteiger partial charge in [-0.2, -0.15) is 0 Å². The summed E-state index contributed by atoms with van der Waals surface area (Å²) in [5.74, 6) is 0. The fraction of sp³-hybridized carbons (Fsp3) is 0.400. The van der Waals surface area contributed by atoms with E-state index < -0.39 is 0 Å². The molecule has 0 unspecified atom stereocenters. The van der Waals surface area contributed by atoms with Crippen molar-refractivity contribution in [2.75, 3.05) is 7.11 Å². The summed E-state index contributed by atoms with van der Waals surface area (Å²) in [5.41, 5.74) is 2.20. The number of carbonyl (C=O) groups excluding carboxylic acids is 1. The van der Waals surface area contributed by atoms with Crippen molar-refractivity contribution in [1.29, 1.82) is 0 Å². The molecule has 0 saturated heterocycles. The third-order valence-corrected chi connectivity index (χ3v) is 3.68. The molecule has 27 heavy (non-hydrogen) atoms. The maximum atomic E-state index is 11.0. The summed E-state index contributed by atoms with van der Waals surface area (Å²) in [4.78, 5) is 15.2. The number of ether oxygens (including phenoxy) is 1. The summed E-state index contributed by atoms with van der Waals surface area (Å²) in [6.07, 6.45) is 9.07. The number of nitrogens with zero attached hydrogens (tertiary/aromatic N) is 5. The van der Waals surface area contributed by atoms with Crippen LogP contribution in [0, 0.1) is 6.92 Å². The summed E-state index contributed by atoms with van der Waals surface area (Å²) < 4.78 is 12.0. The van der Waals surface area contributed by atoms with Gasteiger partial charge < -0.3 is 4.74 Å². The minimum absolute atomic E-state index is 0.364. The van der Waals surface area contributed by atoms with Crippen LogP contribution in [0.5, 0.6) is 0 Å². The van der Waals surface area contributed by atoms with E-state index in [-0.39, 0.29) is 6.09 Å². The van der Waals surface area contributed by atoms with Gasteiger partial charge in [-0.1, -0.05) is 18.5 Å². The first-order valence-electron chi connectivity index (χ1n) is 9.26. The first kappa shape index (κ1) is 22.1. The molecule has 3 rings (SSSR count). The predicted molar refractivity (Wildman–Crippen MR) is 104 cm³/mol. The van der Waals surface area contributed by atoms with E-state index in [1.807, 2.05) is 52.2 Å². The number of pyridine rings is 1. The van der Waals surface area contributed by atoms with Crippen LogP contribution in [0.3, 0.4) is 0 Å². The molecule has 0 aromatic carbocycles. The molecule has 3 aromatic rings. The van der Waals surface area contributed by atoms with Gasteiger partial charge in [0, 0.05) is 24.0 Å². The van der Waals surface area contributed by atoms with E-state index >= 15 is 0 Å². The topological polar surface area (TPSA) is 56.8 Å². The van der Waals surface area contributed by atoms with E-state index in [1.165, 1.54) is 11.8 Å². The van der Waals surface area contributed by atoms with E-state index in [9.17, 15) is 4.79 Å². The van der Waals surface area contributed by atoms with Crippen LogP contribution in [0.4, 0.5) is 4.79 Å². The van der Waals surface area contributed by atoms with Gasteiger partial charge in [0.1, 0.15) is 5.69 Å². The Labute approximate surface area is 161 Å². The van der Waals surface area contributed by atoms with Gasteiger partial charge in [0.25, 0.3) is 0 Å². The molecule has 0 amide bonds. The van der Waals surface area contributed by atoms with Gasteiger partial charge in [-0.05, 0) is 32.9 Å². The molecule has 3 aromatic heterocycles. The molecule has 0 aliphatic heterocycles. The van der Waals surface area contributed by atoms with Crippen molar-refractivity contribution in [1.82, 2.24) is 14.3 Å². The lowest BCUT2D eigenvalue weighted by atomic mass is 10.3. The molecule has 7 nitrogen and oxygen atoms in total. The van der Waals surface area contributed by atoms with Crippen LogP contribution in [0.25, 0.3) is 5.69 Å². The maximum absolute atomic E-state index is 11.0. The van der Waals surface area contributed by atoms with Gasteiger partial charge in [-0.25, -0.2) is 4.79 Å². The van der Waals surface area contributed by atoms with Crippen molar-refractivity contribution in [2.24, 2.45) is 0 Å². The standard InChI is InChI=1S/C11H14N3.C7H11N2O2.C2H6/c1-3-13-7-4-8-14(13)11-5-6-12-10(2)9-11;1-3-8-5-4-6-9(8)7(10)11-2;1-2/h4-9H,3H2,1-2H3;4-6H,3H2,1-2H3;1-2H3/q2*+1;. The minimum Gasteiger partial charge on any atom is -0.449 e. The lowest BCUT2D eigenvalue weighted by Crippen LogP contribution is -2.44. The van der Waals surface area contributed by atoms with Crippen molar-refractivity contribution in [3.63, 3.8) is 0 Å². The number of methoxy groups -OCH3 is 1. The van der Waals surface area contributed by atoms with Crippen LogP contribution in [0.2, 0.25) is 0 Å². The number of rotatable bonds is 3. The lowest BCUT2D eigenvalue weighted by molar-refractivity contribution is -0.763. The first-order chi connectivity index (χ1) is 13.1. The molecule has 0 saturated carbocycles. The number of aryl methyl sites for hydroxylation is 3. The Bertz CT molecular complexity index is 823. The SMILES string of the molecule is CC.CC[n+]1cccn1-c1ccnc(C)c1.CC[n+]1cccn1C(=O)OC. The molecular formula is C20H31N5O2+2. The molecule has 0 spiro atoms. The second kappa shape index (κ2) is 11.6. The highest BCUT2D eigenvalue weighted by Gasteiger charge is 2.13. The average molecular weight is 374 g/mol. The van der Waals surface area contributed by atoms with Crippen LogP contribution in [-0.4, -0.2) is 27.6 Å². The molecule has 0 bridgehead atoms. The molecule has 0 atom stereocenters. The Balaban J connectivity index is 0.000000254. The second-order valence-corrected chi connectivity index (χ2v) is 5.31. The van der Waals surface area contributed by atoms with Crippen LogP contribution in [0.15, 0.2) is 55.2 Å². The highest BCUT2D eigenvalue weighted by atomic mass is 16.5. The zero-order chi connectivity index (χ0) is 20.2. The van der Waals surface area contributed by atoms with E-state index in [0.717, 1.165) is 24.5 Å². The fourth-order valence-corrected chi connectivity index (χ4v) is 2.44. The highest BCUT2D eigenvalue weighted by molar-refractivity contribution is 5.67. The van der Waals surface area contributed by atoms with Crippen molar-refractivity contribution in [3.8, 4) is 5.69 Å². The third-order valence-electron chi connectivity index (χ3n) is 3.68. The van der Waals surface area contributed by atoms with Gasteiger partial charge >= 0.3 is 6.09 Å². The quantitative estimate of drug-likeness (QED) is 0.663. The van der Waals surface area contributed by atoms with Crippen LogP contribution >= 0.6 is 0 Å². The molecule has 146 valence electrons. The van der Waals surface area contributed by atoms with Crippen molar-refractivity contribution < 1.29 is 18.9 Å². The smallest absolute Gasteiger partial charge is 0.449 e. The maximum Gasteiger partial charge on any atom is 0.467 e. The highest BCUT2D eigenvalue weighted by Crippen LogP contribution is 2.04. The summed E-state index contributed by atoms with van der Waals surface area (Å²) in [6.45, 7) is 11.8. The third kappa shape index (κ3) is 6.06. The summed E-state index contributed by atoms with van der Waals surface area (Å²) >= 11 is 0. The predicted octanol–water partition coefficient (Wildman–Crippen LogP) is 2.92. The monoisotopic (exact) mass is 373 g/mol. The zero-order valence-corrected chi connectivity index (χ0v) is 17.2. The number of aromatic nitrogens is 5. The molecular weight excluding hydrogens is 342 g/mol. The number of hydrogen-bond donors (Lipinski definition) is 0. The molecule has 3 heterocycles. The van der Waals surface area contributed by atoms with E-state index in [4.69, 9.17) is 0 Å². The summed E-state index contributed by atoms with van der Waals surface area (Å²) in [5, 5.41) is 0.